The number of β-amino-alcohol motifs (C(OH)–C–C–N with tert-alkyl or cyclic N) is 1. The summed E-state index contributed by atoms with van der Waals surface area (Å²) in [5.74, 6) is 0.785. The number of halogens is 2. The van der Waals surface area contributed by atoms with Gasteiger partial charge in [-0.2, -0.15) is 0 Å². The van der Waals surface area contributed by atoms with Crippen LogP contribution in [0.4, 0.5) is 0 Å². The highest BCUT2D eigenvalue weighted by Crippen LogP contribution is 2.17. The maximum Gasteiger partial charge on any atom is 0.137 e. The molecule has 2 atom stereocenters. The number of likely N-dealkylation sites (tertiary alicyclic amines) is 1. The molecule has 4 nitrogen and oxygen atoms in total. The maximum atomic E-state index is 9.46. The van der Waals surface area contributed by atoms with Gasteiger partial charge in [-0.05, 0) is 25.6 Å². The molecule has 1 aliphatic rings. The lowest BCUT2D eigenvalue weighted by Gasteiger charge is -2.18. The highest BCUT2D eigenvalue weighted by molar-refractivity contribution is 5.85. The summed E-state index contributed by atoms with van der Waals surface area (Å²) in [5.41, 5.74) is 0. The molecule has 0 aliphatic carbocycles. The smallest absolute Gasteiger partial charge is 0.137 e. The van der Waals surface area contributed by atoms with E-state index >= 15 is 0 Å². The van der Waals surface area contributed by atoms with Gasteiger partial charge in [0.25, 0.3) is 0 Å². The Labute approximate surface area is 114 Å². The molecular weight excluding hydrogens is 263 g/mol. The Kier molecular flexibility index (Phi) is 7.46. The van der Waals surface area contributed by atoms with Crippen molar-refractivity contribution in [1.82, 2.24) is 9.88 Å². The Bertz CT molecular complexity index is 314. The number of likely N-dealkylation sites (N-methyl/N-ethyl adjacent to an activating group) is 1. The van der Waals surface area contributed by atoms with Gasteiger partial charge in [-0.15, -0.1) is 24.8 Å². The Morgan fingerprint density at radius 2 is 2.29 bits per heavy atom. The molecule has 1 fully saturated rings. The summed E-state index contributed by atoms with van der Waals surface area (Å²) < 4.78 is 5.59. The average Bonchev–Trinajstić information content (AvgIpc) is 2.56. The first kappa shape index (κ1) is 16.4. The van der Waals surface area contributed by atoms with Crippen molar-refractivity contribution in [3.05, 3.63) is 24.5 Å². The Morgan fingerprint density at radius 1 is 1.53 bits per heavy atom. The number of hydrogen-bond acceptors (Lipinski definition) is 4. The van der Waals surface area contributed by atoms with E-state index in [1.807, 2.05) is 19.2 Å². The largest absolute Gasteiger partial charge is 0.490 e. The first-order valence-electron chi connectivity index (χ1n) is 5.17. The lowest BCUT2D eigenvalue weighted by atomic mass is 10.2. The van der Waals surface area contributed by atoms with Gasteiger partial charge in [0.2, 0.25) is 0 Å². The van der Waals surface area contributed by atoms with Crippen LogP contribution in [0.25, 0.3) is 0 Å². The van der Waals surface area contributed by atoms with Crippen molar-refractivity contribution in [1.29, 1.82) is 0 Å². The summed E-state index contributed by atoms with van der Waals surface area (Å²) in [6, 6.07) is 4.04. The summed E-state index contributed by atoms with van der Waals surface area (Å²) >= 11 is 0. The molecule has 0 saturated carbocycles. The van der Waals surface area contributed by atoms with Crippen molar-refractivity contribution in [2.75, 3.05) is 20.2 Å². The summed E-state index contributed by atoms with van der Waals surface area (Å²) in [5, 5.41) is 9.46. The number of aromatic nitrogens is 1. The molecule has 0 radical (unpaired) electrons. The molecule has 1 N–H and O–H groups in total. The van der Waals surface area contributed by atoms with Crippen LogP contribution in [0.2, 0.25) is 0 Å². The highest BCUT2D eigenvalue weighted by atomic mass is 35.5. The van der Waals surface area contributed by atoms with Crippen molar-refractivity contribution in [2.24, 2.45) is 0 Å². The minimum Gasteiger partial charge on any atom is -0.490 e. The van der Waals surface area contributed by atoms with Crippen molar-refractivity contribution < 1.29 is 9.84 Å². The van der Waals surface area contributed by atoms with Crippen LogP contribution < -0.4 is 4.74 Å². The molecule has 0 spiro atoms. The predicted molar refractivity (Wildman–Crippen MR) is 71.3 cm³/mol. The monoisotopic (exact) mass is 280 g/mol. The molecule has 98 valence electrons. The quantitative estimate of drug-likeness (QED) is 0.909. The van der Waals surface area contributed by atoms with Gasteiger partial charge in [0.15, 0.2) is 0 Å². The van der Waals surface area contributed by atoms with Crippen molar-refractivity contribution in [3.8, 4) is 5.75 Å². The molecule has 1 aromatic heterocycles. The van der Waals surface area contributed by atoms with Crippen LogP contribution in [0.5, 0.6) is 5.75 Å². The summed E-state index contributed by atoms with van der Waals surface area (Å²) in [6.45, 7) is 1.35. The maximum absolute atomic E-state index is 9.46. The van der Waals surface area contributed by atoms with E-state index < -0.39 is 0 Å². The summed E-state index contributed by atoms with van der Waals surface area (Å²) in [7, 11) is 2.01. The van der Waals surface area contributed by atoms with Gasteiger partial charge in [0.05, 0.1) is 12.3 Å². The van der Waals surface area contributed by atoms with Crippen LogP contribution in [-0.2, 0) is 0 Å². The number of aliphatic hydroxyl groups is 1. The van der Waals surface area contributed by atoms with E-state index in [1.165, 1.54) is 0 Å². The minimum atomic E-state index is -0.211. The molecule has 17 heavy (non-hydrogen) atoms. The van der Waals surface area contributed by atoms with E-state index in [9.17, 15) is 5.11 Å². The number of pyridine rings is 1. The van der Waals surface area contributed by atoms with Crippen LogP contribution in [0.1, 0.15) is 6.42 Å². The molecular formula is C11H18Cl2N2O2. The van der Waals surface area contributed by atoms with E-state index in [0.29, 0.717) is 12.6 Å². The Balaban J connectivity index is 0.00000128. The van der Waals surface area contributed by atoms with Crippen molar-refractivity contribution >= 4 is 24.8 Å². The second kappa shape index (κ2) is 7.71. The molecule has 0 unspecified atom stereocenters. The second-order valence-corrected chi connectivity index (χ2v) is 3.98. The zero-order chi connectivity index (χ0) is 10.7. The van der Waals surface area contributed by atoms with Crippen LogP contribution in [0.3, 0.4) is 0 Å². The van der Waals surface area contributed by atoms with E-state index in [1.54, 1.807) is 12.4 Å². The van der Waals surface area contributed by atoms with Crippen molar-refractivity contribution in [2.45, 2.75) is 18.6 Å². The van der Waals surface area contributed by atoms with Gasteiger partial charge in [0.1, 0.15) is 12.4 Å². The van der Waals surface area contributed by atoms with Crippen LogP contribution in [-0.4, -0.2) is 47.3 Å². The Hall–Kier alpha value is -0.550. The van der Waals surface area contributed by atoms with Gasteiger partial charge in [-0.25, -0.2) is 0 Å². The standard InChI is InChI=1S/C11H16N2O2.2ClH/c1-13-7-10(14)5-9(13)8-15-11-3-2-4-12-6-11;;/h2-4,6,9-10,14H,5,7-8H2,1H3;2*1H/t9-,10+;;/m0../s1. The first-order chi connectivity index (χ1) is 7.25. The molecule has 0 bridgehead atoms. The topological polar surface area (TPSA) is 45.6 Å². The molecule has 6 heteroatoms. The number of rotatable bonds is 3. The molecule has 1 aliphatic heterocycles. The normalized spacial score (nSPS) is 23.6. The highest BCUT2D eigenvalue weighted by Gasteiger charge is 2.28. The number of nitrogens with zero attached hydrogens (tertiary/aromatic N) is 2. The van der Waals surface area contributed by atoms with Crippen LogP contribution in [0.15, 0.2) is 24.5 Å². The fraction of sp³-hybridized carbons (Fsp3) is 0.545. The molecule has 2 heterocycles. The molecule has 0 amide bonds. The van der Waals surface area contributed by atoms with Gasteiger partial charge in [-0.3, -0.25) is 9.88 Å². The van der Waals surface area contributed by atoms with Gasteiger partial charge in [0, 0.05) is 18.8 Å². The van der Waals surface area contributed by atoms with Crippen LogP contribution in [0, 0.1) is 0 Å². The molecule has 1 saturated heterocycles. The third-order valence-electron chi connectivity index (χ3n) is 2.74. The fourth-order valence-electron chi connectivity index (χ4n) is 1.87. The predicted octanol–water partition coefficient (Wildman–Crippen LogP) is 1.37. The lowest BCUT2D eigenvalue weighted by molar-refractivity contribution is 0.182. The average molecular weight is 281 g/mol. The molecule has 2 rings (SSSR count). The van der Waals surface area contributed by atoms with Gasteiger partial charge < -0.3 is 9.84 Å². The first-order valence-corrected chi connectivity index (χ1v) is 5.17. The SMILES string of the molecule is CN1C[C@H](O)C[C@H]1COc1cccnc1.Cl.Cl. The summed E-state index contributed by atoms with van der Waals surface area (Å²) in [4.78, 5) is 6.10. The van der Waals surface area contributed by atoms with Crippen LogP contribution >= 0.6 is 24.8 Å². The zero-order valence-electron chi connectivity index (χ0n) is 9.65. The summed E-state index contributed by atoms with van der Waals surface area (Å²) in [6.07, 6.45) is 4.00. The number of ether oxygens (including phenoxy) is 1. The second-order valence-electron chi connectivity index (χ2n) is 3.98. The van der Waals surface area contributed by atoms with E-state index in [0.717, 1.165) is 18.7 Å². The fourth-order valence-corrected chi connectivity index (χ4v) is 1.87. The third kappa shape index (κ3) is 4.68. The molecule has 0 aromatic carbocycles. The van der Waals surface area contributed by atoms with Crippen molar-refractivity contribution in [3.63, 3.8) is 0 Å². The van der Waals surface area contributed by atoms with E-state index in [2.05, 4.69) is 9.88 Å². The van der Waals surface area contributed by atoms with E-state index in [4.69, 9.17) is 4.74 Å². The van der Waals surface area contributed by atoms with Gasteiger partial charge >= 0.3 is 0 Å². The molecule has 1 aromatic rings. The minimum absolute atomic E-state index is 0. The third-order valence-corrected chi connectivity index (χ3v) is 2.74. The van der Waals surface area contributed by atoms with Gasteiger partial charge in [-0.1, -0.05) is 0 Å². The number of hydrogen-bond donors (Lipinski definition) is 1. The zero-order valence-corrected chi connectivity index (χ0v) is 11.3. The van der Waals surface area contributed by atoms with E-state index in [-0.39, 0.29) is 30.9 Å². The number of aliphatic hydroxyl groups excluding tert-OH is 1. The lowest BCUT2D eigenvalue weighted by Crippen LogP contribution is -2.30. The Morgan fingerprint density at radius 3 is 2.82 bits per heavy atom.